The number of H-pyrrole nitrogens is 1. The Kier molecular flexibility index (Phi) is 7.62. The molecule has 4 aromatic rings. The number of carbonyl (C=O) groups excluding carboxylic acids is 1. The van der Waals surface area contributed by atoms with Gasteiger partial charge in [0.1, 0.15) is 11.6 Å². The topological polar surface area (TPSA) is 109 Å². The highest BCUT2D eigenvalue weighted by Gasteiger charge is 2.25. The monoisotopic (exact) mass is 511 g/mol. The van der Waals surface area contributed by atoms with Crippen LogP contribution in [0.25, 0.3) is 11.4 Å². The molecule has 38 heavy (non-hydrogen) atoms. The molecule has 4 heterocycles. The minimum atomic E-state index is 0.0150. The van der Waals surface area contributed by atoms with Crippen LogP contribution >= 0.6 is 0 Å². The van der Waals surface area contributed by atoms with Crippen LogP contribution in [0.5, 0.6) is 5.75 Å². The summed E-state index contributed by atoms with van der Waals surface area (Å²) >= 11 is 0. The van der Waals surface area contributed by atoms with E-state index in [1.165, 1.54) is 0 Å². The predicted molar refractivity (Wildman–Crippen MR) is 146 cm³/mol. The molecule has 0 bridgehead atoms. The average molecular weight is 512 g/mol. The normalized spacial score (nSPS) is 13.9. The van der Waals surface area contributed by atoms with Gasteiger partial charge in [0.05, 0.1) is 18.5 Å². The van der Waals surface area contributed by atoms with Gasteiger partial charge in [0.15, 0.2) is 5.82 Å². The number of nitrogens with zero attached hydrogens (tertiary/aromatic N) is 5. The van der Waals surface area contributed by atoms with Crippen molar-refractivity contribution in [2.75, 3.05) is 25.1 Å². The first-order chi connectivity index (χ1) is 18.5. The molecular formula is C29H33N7O2. The number of piperidine rings is 1. The number of hydrogen-bond donors (Lipinski definition) is 2. The fourth-order valence-corrected chi connectivity index (χ4v) is 4.76. The lowest BCUT2D eigenvalue weighted by molar-refractivity contribution is -0.125. The number of carbonyl (C=O) groups is 1. The zero-order valence-electron chi connectivity index (χ0n) is 22.1. The molecule has 3 aromatic heterocycles. The van der Waals surface area contributed by atoms with Crippen molar-refractivity contribution in [1.29, 1.82) is 0 Å². The molecule has 1 aliphatic heterocycles. The second kappa shape index (κ2) is 11.4. The number of methoxy groups -OCH3 is 1. The Morgan fingerprint density at radius 1 is 1.05 bits per heavy atom. The molecule has 1 saturated heterocycles. The van der Waals surface area contributed by atoms with E-state index in [0.717, 1.165) is 71.4 Å². The van der Waals surface area contributed by atoms with Gasteiger partial charge >= 0.3 is 0 Å². The van der Waals surface area contributed by atoms with E-state index in [1.54, 1.807) is 7.11 Å². The van der Waals surface area contributed by atoms with Crippen molar-refractivity contribution in [1.82, 2.24) is 30.5 Å². The van der Waals surface area contributed by atoms with E-state index in [2.05, 4.69) is 25.4 Å². The first-order valence-electron chi connectivity index (χ1n) is 12.9. The van der Waals surface area contributed by atoms with E-state index in [4.69, 9.17) is 14.7 Å². The molecule has 1 amide bonds. The molecule has 1 aromatic carbocycles. The van der Waals surface area contributed by atoms with Gasteiger partial charge in [-0.3, -0.25) is 9.89 Å². The molecule has 9 heteroatoms. The summed E-state index contributed by atoms with van der Waals surface area (Å²) in [4.78, 5) is 29.0. The predicted octanol–water partition coefficient (Wildman–Crippen LogP) is 4.01. The molecule has 0 radical (unpaired) electrons. The quantitative estimate of drug-likeness (QED) is 0.368. The number of aryl methyl sites for hydroxylation is 2. The summed E-state index contributed by atoms with van der Waals surface area (Å²) in [7, 11) is 1.64. The second-order valence-corrected chi connectivity index (χ2v) is 9.78. The smallest absolute Gasteiger partial charge is 0.223 e. The summed E-state index contributed by atoms with van der Waals surface area (Å²) in [5, 5.41) is 10.4. The Morgan fingerprint density at radius 3 is 2.50 bits per heavy atom. The van der Waals surface area contributed by atoms with Gasteiger partial charge in [-0.2, -0.15) is 5.10 Å². The van der Waals surface area contributed by atoms with Gasteiger partial charge in [-0.15, -0.1) is 0 Å². The number of rotatable bonds is 8. The molecule has 196 valence electrons. The molecule has 0 aliphatic carbocycles. The molecule has 0 unspecified atom stereocenters. The maximum absolute atomic E-state index is 12.7. The van der Waals surface area contributed by atoms with Crippen molar-refractivity contribution >= 4 is 11.7 Å². The number of ether oxygens (including phenoxy) is 1. The molecule has 1 aliphatic rings. The zero-order valence-corrected chi connectivity index (χ0v) is 22.1. The van der Waals surface area contributed by atoms with Crippen LogP contribution in [0.15, 0.2) is 54.7 Å². The molecular weight excluding hydrogens is 478 g/mol. The number of aromatic amines is 1. The number of hydrogen-bond acceptors (Lipinski definition) is 7. The molecule has 0 saturated carbocycles. The Bertz CT molecular complexity index is 1380. The number of anilines is 1. The molecule has 0 atom stereocenters. The minimum Gasteiger partial charge on any atom is -0.497 e. The first kappa shape index (κ1) is 25.4. The van der Waals surface area contributed by atoms with Crippen LogP contribution in [0, 0.1) is 19.8 Å². The van der Waals surface area contributed by atoms with Gasteiger partial charge in [-0.05, 0) is 68.7 Å². The standard InChI is InChI=1S/C29H33N7O2/c1-19-14-24(16-25-15-20(2)34-35-25)33-28(32-19)23-6-9-27(30-18-23)36-12-10-22(11-13-36)29(37)31-17-21-4-7-26(38-3)8-5-21/h4-9,14-15,18,22H,10-13,16-17H2,1-3H3,(H,31,37)(H,34,35). The van der Waals surface area contributed by atoms with Crippen LogP contribution in [0.4, 0.5) is 5.82 Å². The lowest BCUT2D eigenvalue weighted by Gasteiger charge is -2.32. The van der Waals surface area contributed by atoms with E-state index in [9.17, 15) is 4.79 Å². The molecule has 0 spiro atoms. The van der Waals surface area contributed by atoms with Gasteiger partial charge in [0, 0.05) is 55.1 Å². The molecule has 5 rings (SSSR count). The Labute approximate surface area is 222 Å². The lowest BCUT2D eigenvalue weighted by Crippen LogP contribution is -2.40. The van der Waals surface area contributed by atoms with Gasteiger partial charge in [0.2, 0.25) is 5.91 Å². The van der Waals surface area contributed by atoms with E-state index in [-0.39, 0.29) is 11.8 Å². The van der Waals surface area contributed by atoms with E-state index in [0.29, 0.717) is 18.8 Å². The Balaban J connectivity index is 1.16. The van der Waals surface area contributed by atoms with Gasteiger partial charge in [-0.25, -0.2) is 15.0 Å². The maximum Gasteiger partial charge on any atom is 0.223 e. The van der Waals surface area contributed by atoms with E-state index >= 15 is 0 Å². The van der Waals surface area contributed by atoms with Crippen molar-refractivity contribution in [3.63, 3.8) is 0 Å². The Hall–Kier alpha value is -4.27. The number of amides is 1. The van der Waals surface area contributed by atoms with Crippen LogP contribution in [0.2, 0.25) is 0 Å². The van der Waals surface area contributed by atoms with Gasteiger partial charge in [-0.1, -0.05) is 12.1 Å². The second-order valence-electron chi connectivity index (χ2n) is 9.78. The molecule has 2 N–H and O–H groups in total. The first-order valence-corrected chi connectivity index (χ1v) is 12.9. The molecule has 9 nitrogen and oxygen atoms in total. The Morgan fingerprint density at radius 2 is 1.84 bits per heavy atom. The summed E-state index contributed by atoms with van der Waals surface area (Å²) in [6.45, 7) is 6.07. The fourth-order valence-electron chi connectivity index (χ4n) is 4.76. The van der Waals surface area contributed by atoms with Crippen LogP contribution in [0.3, 0.4) is 0 Å². The summed E-state index contributed by atoms with van der Waals surface area (Å²) in [6.07, 6.45) is 4.08. The van der Waals surface area contributed by atoms with Crippen molar-refractivity contribution in [2.24, 2.45) is 5.92 Å². The number of nitrogens with one attached hydrogen (secondary N) is 2. The van der Waals surface area contributed by atoms with E-state index < -0.39 is 0 Å². The van der Waals surface area contributed by atoms with Crippen molar-refractivity contribution in [3.8, 4) is 17.1 Å². The van der Waals surface area contributed by atoms with Crippen LogP contribution < -0.4 is 15.0 Å². The zero-order chi connectivity index (χ0) is 26.5. The van der Waals surface area contributed by atoms with Crippen molar-refractivity contribution in [3.05, 3.63) is 83.1 Å². The highest BCUT2D eigenvalue weighted by Crippen LogP contribution is 2.24. The average Bonchev–Trinajstić information content (AvgIpc) is 3.36. The van der Waals surface area contributed by atoms with Crippen molar-refractivity contribution in [2.45, 2.75) is 39.7 Å². The summed E-state index contributed by atoms with van der Waals surface area (Å²) in [6, 6.07) is 15.8. The van der Waals surface area contributed by atoms with Crippen LogP contribution in [-0.4, -0.2) is 51.3 Å². The van der Waals surface area contributed by atoms with Crippen molar-refractivity contribution < 1.29 is 9.53 Å². The van der Waals surface area contributed by atoms with Crippen LogP contribution in [-0.2, 0) is 17.8 Å². The maximum atomic E-state index is 12.7. The third-order valence-corrected chi connectivity index (χ3v) is 6.85. The number of pyridine rings is 1. The fraction of sp³-hybridized carbons (Fsp3) is 0.345. The SMILES string of the molecule is COc1ccc(CNC(=O)C2CCN(c3ccc(-c4nc(C)cc(Cc5cc(C)[nH]n5)n4)cn3)CC2)cc1. The highest BCUT2D eigenvalue weighted by molar-refractivity contribution is 5.79. The summed E-state index contributed by atoms with van der Waals surface area (Å²) in [5.41, 5.74) is 5.76. The number of benzene rings is 1. The highest BCUT2D eigenvalue weighted by atomic mass is 16.5. The molecule has 1 fully saturated rings. The van der Waals surface area contributed by atoms with E-state index in [1.807, 2.05) is 68.6 Å². The van der Waals surface area contributed by atoms with Crippen LogP contribution in [0.1, 0.15) is 41.2 Å². The largest absolute Gasteiger partial charge is 0.497 e. The summed E-state index contributed by atoms with van der Waals surface area (Å²) in [5.74, 6) is 2.51. The third kappa shape index (κ3) is 6.16. The summed E-state index contributed by atoms with van der Waals surface area (Å²) < 4.78 is 5.19. The third-order valence-electron chi connectivity index (χ3n) is 6.85. The number of aromatic nitrogens is 5. The van der Waals surface area contributed by atoms with Gasteiger partial charge in [0.25, 0.3) is 0 Å². The van der Waals surface area contributed by atoms with Gasteiger partial charge < -0.3 is 15.0 Å². The minimum absolute atomic E-state index is 0.0150. The lowest BCUT2D eigenvalue weighted by atomic mass is 9.95.